The van der Waals surface area contributed by atoms with Crippen LogP contribution in [0, 0.1) is 0 Å². The van der Waals surface area contributed by atoms with E-state index in [0.29, 0.717) is 11.5 Å². The summed E-state index contributed by atoms with van der Waals surface area (Å²) in [5.41, 5.74) is 0.193. The molecule has 0 radical (unpaired) electrons. The van der Waals surface area contributed by atoms with Gasteiger partial charge in [-0.3, -0.25) is 0 Å². The predicted molar refractivity (Wildman–Crippen MR) is 101 cm³/mol. The molecule has 3 aliphatic rings. The third-order valence-corrected chi connectivity index (χ3v) is 7.15. The number of hydrogen-bond acceptors (Lipinski definition) is 5. The average molecular weight is 404 g/mol. The van der Waals surface area contributed by atoms with Gasteiger partial charge in [0.25, 0.3) is 0 Å². The van der Waals surface area contributed by atoms with E-state index in [2.05, 4.69) is 9.71 Å². The zero-order valence-corrected chi connectivity index (χ0v) is 16.7. The van der Waals surface area contributed by atoms with E-state index >= 15 is 0 Å². The molecule has 2 heterocycles. The second kappa shape index (κ2) is 6.21. The summed E-state index contributed by atoms with van der Waals surface area (Å²) >= 11 is 0. The molecule has 1 aliphatic heterocycles. The summed E-state index contributed by atoms with van der Waals surface area (Å²) in [5.74, 6) is 0.132. The van der Waals surface area contributed by atoms with Crippen LogP contribution in [0.3, 0.4) is 0 Å². The maximum atomic E-state index is 12.7. The molecule has 1 atom stereocenters. The van der Waals surface area contributed by atoms with Gasteiger partial charge in [0.05, 0.1) is 7.05 Å². The first-order valence-corrected chi connectivity index (χ1v) is 10.5. The van der Waals surface area contributed by atoms with Crippen molar-refractivity contribution in [2.75, 3.05) is 7.05 Å². The molecule has 1 unspecified atom stereocenters. The highest BCUT2D eigenvalue weighted by molar-refractivity contribution is 7.90. The second-order valence-corrected chi connectivity index (χ2v) is 9.52. The Kier molecular flexibility index (Phi) is 4.16. The van der Waals surface area contributed by atoms with Crippen LogP contribution >= 0.6 is 0 Å². The maximum Gasteiger partial charge on any atom is 0.501 e. The number of imidazole rings is 1. The van der Waals surface area contributed by atoms with Gasteiger partial charge < -0.3 is 4.57 Å². The average Bonchev–Trinajstić information content (AvgIpc) is 3.22. The number of hydrogen-bond donors (Lipinski definition) is 1. The fourth-order valence-corrected chi connectivity index (χ4v) is 4.91. The standard InChI is InChI=1S/C18H22N5O4S/c1-18(6-7-18)20-28(26,27)12-4-5-14-13(10-12)16(24)22(3)17(25)23(14)11-15-19-8-9-21(15)2/h4-5,8-10,12,20H,6-7,11H2,1-3H3/q+1. The fourth-order valence-electron chi connectivity index (χ4n) is 3.29. The Labute approximate surface area is 163 Å². The van der Waals surface area contributed by atoms with Gasteiger partial charge in [0.1, 0.15) is 16.5 Å². The molecule has 0 spiro atoms. The first-order valence-electron chi connectivity index (χ1n) is 8.97. The molecule has 2 aliphatic carbocycles. The molecule has 9 nitrogen and oxygen atoms in total. The van der Waals surface area contributed by atoms with E-state index in [1.807, 2.05) is 14.0 Å². The van der Waals surface area contributed by atoms with Crippen molar-refractivity contribution in [2.45, 2.75) is 37.1 Å². The molecule has 1 aromatic heterocycles. The third-order valence-electron chi connectivity index (χ3n) is 5.36. The van der Waals surface area contributed by atoms with Crippen LogP contribution in [-0.2, 0) is 28.4 Å². The van der Waals surface area contributed by atoms with Crippen molar-refractivity contribution in [2.24, 2.45) is 7.05 Å². The van der Waals surface area contributed by atoms with Crippen molar-refractivity contribution in [3.05, 3.63) is 42.0 Å². The van der Waals surface area contributed by atoms with Gasteiger partial charge in [-0.15, -0.1) is 0 Å². The molecule has 28 heavy (non-hydrogen) atoms. The number of likely N-dealkylation sites (N-methyl/N-ethyl adjacent to an activating group) is 1. The van der Waals surface area contributed by atoms with Gasteiger partial charge in [0.2, 0.25) is 10.0 Å². The molecule has 0 saturated heterocycles. The Hall–Kier alpha value is -2.59. The van der Waals surface area contributed by atoms with Crippen LogP contribution in [0.25, 0.3) is 0 Å². The SMILES string of the molecule is CN1C(=O)C2=CC(S(=O)(=O)NC3(C)CC3)C=CC2=[N+](Cc2nccn2C)C1=O. The van der Waals surface area contributed by atoms with Gasteiger partial charge in [-0.05, 0) is 31.9 Å². The lowest BCUT2D eigenvalue weighted by Gasteiger charge is -2.24. The summed E-state index contributed by atoms with van der Waals surface area (Å²) in [7, 11) is -0.471. The molecule has 1 N–H and O–H groups in total. The van der Waals surface area contributed by atoms with Crippen molar-refractivity contribution in [1.29, 1.82) is 0 Å². The van der Waals surface area contributed by atoms with Crippen LogP contribution in [-0.4, -0.2) is 62.9 Å². The van der Waals surface area contributed by atoms with E-state index in [1.54, 1.807) is 23.0 Å². The number of amides is 3. The second-order valence-electron chi connectivity index (χ2n) is 7.68. The molecule has 0 aromatic carbocycles. The lowest BCUT2D eigenvalue weighted by atomic mass is 10.00. The van der Waals surface area contributed by atoms with E-state index in [9.17, 15) is 18.0 Å². The summed E-state index contributed by atoms with van der Waals surface area (Å²) in [4.78, 5) is 30.6. The third kappa shape index (κ3) is 3.12. The lowest BCUT2D eigenvalue weighted by Crippen LogP contribution is -2.50. The topological polar surface area (TPSA) is 104 Å². The van der Waals surface area contributed by atoms with Crippen LogP contribution in [0.4, 0.5) is 4.79 Å². The number of carbonyl (C=O) groups excluding carboxylic acids is 2. The highest BCUT2D eigenvalue weighted by atomic mass is 32.2. The number of urea groups is 1. The zero-order chi connectivity index (χ0) is 20.3. The number of fused-ring (bicyclic) bond motifs is 1. The molecule has 10 heteroatoms. The predicted octanol–water partition coefficient (Wildman–Crippen LogP) is 0.302. The van der Waals surface area contributed by atoms with Crippen molar-refractivity contribution >= 4 is 27.7 Å². The quantitative estimate of drug-likeness (QED) is 0.711. The fraction of sp³-hybridized carbons (Fsp3) is 0.444. The smallest absolute Gasteiger partial charge is 0.335 e. The molecular formula is C18H22N5O4S+. The van der Waals surface area contributed by atoms with E-state index in [-0.39, 0.29) is 12.1 Å². The number of imide groups is 1. The highest BCUT2D eigenvalue weighted by Crippen LogP contribution is 2.36. The lowest BCUT2D eigenvalue weighted by molar-refractivity contribution is -0.454. The van der Waals surface area contributed by atoms with E-state index < -0.39 is 32.8 Å². The van der Waals surface area contributed by atoms with Crippen LogP contribution in [0.5, 0.6) is 0 Å². The highest BCUT2D eigenvalue weighted by Gasteiger charge is 2.46. The molecule has 1 saturated carbocycles. The van der Waals surface area contributed by atoms with Crippen LogP contribution < -0.4 is 4.72 Å². The zero-order valence-electron chi connectivity index (χ0n) is 15.9. The van der Waals surface area contributed by atoms with Gasteiger partial charge in [0.15, 0.2) is 12.4 Å². The molecule has 0 bridgehead atoms. The summed E-state index contributed by atoms with van der Waals surface area (Å²) in [6.07, 6.45) is 9.45. The van der Waals surface area contributed by atoms with Crippen molar-refractivity contribution in [1.82, 2.24) is 19.2 Å². The first-order chi connectivity index (χ1) is 13.1. The first kappa shape index (κ1) is 18.8. The number of aryl methyl sites for hydroxylation is 1. The van der Waals surface area contributed by atoms with Crippen LogP contribution in [0.2, 0.25) is 0 Å². The Bertz CT molecular complexity index is 1080. The molecular weight excluding hydrogens is 382 g/mol. The van der Waals surface area contributed by atoms with Gasteiger partial charge in [-0.25, -0.2) is 22.9 Å². The summed E-state index contributed by atoms with van der Waals surface area (Å²) in [6.45, 7) is 2.03. The number of nitrogens with one attached hydrogen (secondary N) is 1. The van der Waals surface area contributed by atoms with Crippen molar-refractivity contribution in [3.63, 3.8) is 0 Å². The Morgan fingerprint density at radius 2 is 2.04 bits per heavy atom. The maximum absolute atomic E-state index is 12.7. The molecule has 1 aromatic rings. The van der Waals surface area contributed by atoms with Crippen LogP contribution in [0.15, 0.2) is 36.2 Å². The Morgan fingerprint density at radius 3 is 2.64 bits per heavy atom. The number of sulfonamides is 1. The van der Waals surface area contributed by atoms with Crippen molar-refractivity contribution < 1.29 is 22.6 Å². The van der Waals surface area contributed by atoms with E-state index in [1.165, 1.54) is 23.8 Å². The van der Waals surface area contributed by atoms with Gasteiger partial charge in [-0.2, -0.15) is 14.3 Å². The monoisotopic (exact) mass is 404 g/mol. The minimum absolute atomic E-state index is 0.171. The number of nitrogens with zero attached hydrogens (tertiary/aromatic N) is 4. The molecule has 4 rings (SSSR count). The minimum atomic E-state index is -3.67. The number of carbonyl (C=O) groups is 2. The largest absolute Gasteiger partial charge is 0.501 e. The molecule has 148 valence electrons. The van der Waals surface area contributed by atoms with E-state index in [0.717, 1.165) is 17.7 Å². The Balaban J connectivity index is 1.73. The van der Waals surface area contributed by atoms with Gasteiger partial charge in [0, 0.05) is 25.0 Å². The van der Waals surface area contributed by atoms with Gasteiger partial charge in [-0.1, -0.05) is 6.08 Å². The normalized spacial score (nSPS) is 23.8. The summed E-state index contributed by atoms with van der Waals surface area (Å²) in [5, 5.41) is -0.968. The number of allylic oxidation sites excluding steroid dienone is 1. The summed E-state index contributed by atoms with van der Waals surface area (Å²) < 4.78 is 31.4. The van der Waals surface area contributed by atoms with E-state index in [4.69, 9.17) is 0 Å². The Morgan fingerprint density at radius 1 is 1.32 bits per heavy atom. The molecule has 3 amide bonds. The van der Waals surface area contributed by atoms with Crippen molar-refractivity contribution in [3.8, 4) is 0 Å². The number of aromatic nitrogens is 2. The van der Waals surface area contributed by atoms with Crippen LogP contribution in [0.1, 0.15) is 25.6 Å². The summed E-state index contributed by atoms with van der Waals surface area (Å²) in [6, 6.07) is -0.477. The van der Waals surface area contributed by atoms with Gasteiger partial charge >= 0.3 is 11.9 Å². The molecule has 1 fully saturated rings. The minimum Gasteiger partial charge on any atom is -0.335 e. The number of rotatable bonds is 5.